The van der Waals surface area contributed by atoms with Crippen LogP contribution in [0.1, 0.15) is 310 Å². The Labute approximate surface area is 570 Å². The molecule has 0 amide bonds. The number of allylic oxidation sites excluding steroid dienone is 13. The number of hydrogen-bond acceptors (Lipinski definition) is 15. The lowest BCUT2D eigenvalue weighted by atomic mass is 10.0. The van der Waals surface area contributed by atoms with E-state index in [0.29, 0.717) is 25.7 Å². The number of hydrogen-bond donors (Lipinski definition) is 3. The van der Waals surface area contributed by atoms with Crippen molar-refractivity contribution in [3.8, 4) is 0 Å². The van der Waals surface area contributed by atoms with Crippen molar-refractivity contribution in [3.05, 3.63) is 85.1 Å². The summed E-state index contributed by atoms with van der Waals surface area (Å²) in [7, 11) is -9.96. The molecule has 0 rings (SSSR count). The molecular formula is C75H132O17P2. The van der Waals surface area contributed by atoms with Crippen LogP contribution in [0.4, 0.5) is 0 Å². The summed E-state index contributed by atoms with van der Waals surface area (Å²) in [6.45, 7) is 4.61. The van der Waals surface area contributed by atoms with E-state index in [4.69, 9.17) is 37.0 Å². The maximum atomic E-state index is 13.0. The Morgan fingerprint density at radius 3 is 0.968 bits per heavy atom. The summed E-state index contributed by atoms with van der Waals surface area (Å²) in [6, 6.07) is 0. The second-order valence-corrected chi connectivity index (χ2v) is 27.4. The number of phosphoric ester groups is 2. The van der Waals surface area contributed by atoms with Crippen molar-refractivity contribution in [2.45, 2.75) is 329 Å². The van der Waals surface area contributed by atoms with E-state index in [0.717, 1.165) is 122 Å². The zero-order valence-electron chi connectivity index (χ0n) is 59.1. The van der Waals surface area contributed by atoms with Crippen LogP contribution in [-0.2, 0) is 65.4 Å². The molecule has 5 unspecified atom stereocenters. The number of aliphatic hydroxyl groups excluding tert-OH is 1. The van der Waals surface area contributed by atoms with Gasteiger partial charge in [0.05, 0.1) is 32.8 Å². The zero-order chi connectivity index (χ0) is 69.0. The molecule has 0 aliphatic rings. The Morgan fingerprint density at radius 2 is 0.596 bits per heavy atom. The van der Waals surface area contributed by atoms with Gasteiger partial charge >= 0.3 is 39.5 Å². The average Bonchev–Trinajstić information content (AvgIpc) is 1.55. The fourth-order valence-corrected chi connectivity index (χ4v) is 11.4. The molecule has 0 bridgehead atoms. The minimum Gasteiger partial charge on any atom is -0.462 e. The number of phosphoric acid groups is 2. The normalized spacial score (nSPS) is 14.5. The van der Waals surface area contributed by atoms with Crippen LogP contribution in [0.25, 0.3) is 0 Å². The summed E-state index contributed by atoms with van der Waals surface area (Å²) < 4.78 is 68.2. The lowest BCUT2D eigenvalue weighted by Gasteiger charge is -2.21. The predicted molar refractivity (Wildman–Crippen MR) is 381 cm³/mol. The largest absolute Gasteiger partial charge is 0.472 e. The quantitative estimate of drug-likeness (QED) is 0.0169. The molecular weight excluding hydrogens is 1230 g/mol. The van der Waals surface area contributed by atoms with Gasteiger partial charge in [-0.25, -0.2) is 9.13 Å². The van der Waals surface area contributed by atoms with Crippen molar-refractivity contribution in [3.63, 3.8) is 0 Å². The number of esters is 4. The van der Waals surface area contributed by atoms with Crippen molar-refractivity contribution < 1.29 is 80.2 Å². The molecule has 17 nitrogen and oxygen atoms in total. The second kappa shape index (κ2) is 67.8. The Hall–Kier alpha value is -3.76. The van der Waals surface area contributed by atoms with Crippen LogP contribution in [0.15, 0.2) is 85.1 Å². The minimum absolute atomic E-state index is 0.0677. The van der Waals surface area contributed by atoms with E-state index in [1.54, 1.807) is 6.08 Å². The molecule has 3 N–H and O–H groups in total. The van der Waals surface area contributed by atoms with Gasteiger partial charge in [0.15, 0.2) is 12.2 Å². The molecule has 0 aliphatic carbocycles. The highest BCUT2D eigenvalue weighted by molar-refractivity contribution is 7.47. The summed E-state index contributed by atoms with van der Waals surface area (Å²) in [5.74, 6) is -2.32. The molecule has 0 aromatic rings. The minimum atomic E-state index is -4.98. The van der Waals surface area contributed by atoms with Gasteiger partial charge in [-0.15, -0.1) is 0 Å². The van der Waals surface area contributed by atoms with Gasteiger partial charge in [-0.05, 0) is 83.5 Å². The van der Waals surface area contributed by atoms with Crippen molar-refractivity contribution in [2.24, 2.45) is 0 Å². The molecule has 0 aromatic carbocycles. The molecule has 0 fully saturated rings. The van der Waals surface area contributed by atoms with E-state index in [1.807, 2.05) is 18.2 Å². The van der Waals surface area contributed by atoms with Gasteiger partial charge in [-0.2, -0.15) is 0 Å². The van der Waals surface area contributed by atoms with Crippen molar-refractivity contribution >= 4 is 39.5 Å². The predicted octanol–water partition coefficient (Wildman–Crippen LogP) is 20.7. The van der Waals surface area contributed by atoms with E-state index < -0.39 is 97.5 Å². The average molecular weight is 1370 g/mol. The molecule has 5 atom stereocenters. The van der Waals surface area contributed by atoms with Crippen LogP contribution >= 0.6 is 15.6 Å². The SMILES string of the molecule is CC/C=C\C/C=C\C/C=C\C/C=C\C/C=C\CC(=O)OCC(COP(=O)(O)OCC(O)COP(=O)(O)OCC(COC(=O)CCCCCCC/C=C\C/C=C\CCCCC)OC(=O)CCCCCCCCCCCCC)OC(=O)CCCCCCCCCCCCCCC. The van der Waals surface area contributed by atoms with Gasteiger partial charge in [-0.1, -0.05) is 286 Å². The van der Waals surface area contributed by atoms with E-state index in [2.05, 4.69) is 88.5 Å². The highest BCUT2D eigenvalue weighted by Gasteiger charge is 2.30. The number of carbonyl (C=O) groups is 4. The van der Waals surface area contributed by atoms with Crippen molar-refractivity contribution in [2.75, 3.05) is 39.6 Å². The summed E-state index contributed by atoms with van der Waals surface area (Å²) in [5.41, 5.74) is 0. The van der Waals surface area contributed by atoms with E-state index in [1.165, 1.54) is 109 Å². The highest BCUT2D eigenvalue weighted by atomic mass is 31.2. The molecule has 0 heterocycles. The Morgan fingerprint density at radius 1 is 0.319 bits per heavy atom. The Bertz CT molecular complexity index is 2120. The molecule has 0 spiro atoms. The molecule has 94 heavy (non-hydrogen) atoms. The number of ether oxygens (including phenoxy) is 4. The van der Waals surface area contributed by atoms with Gasteiger partial charge in [0.2, 0.25) is 0 Å². The van der Waals surface area contributed by atoms with Crippen molar-refractivity contribution in [1.29, 1.82) is 0 Å². The fraction of sp³-hybridized carbons (Fsp3) is 0.760. The first-order chi connectivity index (χ1) is 45.7. The Kier molecular flexibility index (Phi) is 65.1. The van der Waals surface area contributed by atoms with Crippen molar-refractivity contribution in [1.82, 2.24) is 0 Å². The number of rotatable bonds is 69. The summed E-state index contributed by atoms with van der Waals surface area (Å²) >= 11 is 0. The number of carbonyl (C=O) groups excluding carboxylic acids is 4. The van der Waals surface area contributed by atoms with E-state index >= 15 is 0 Å². The van der Waals surface area contributed by atoms with Gasteiger partial charge in [0.25, 0.3) is 0 Å². The summed E-state index contributed by atoms with van der Waals surface area (Å²) in [6.07, 6.45) is 67.6. The zero-order valence-corrected chi connectivity index (χ0v) is 60.9. The monoisotopic (exact) mass is 1370 g/mol. The summed E-state index contributed by atoms with van der Waals surface area (Å²) in [4.78, 5) is 72.6. The maximum absolute atomic E-state index is 13.0. The molecule has 0 aliphatic heterocycles. The first kappa shape index (κ1) is 90.2. The first-order valence-electron chi connectivity index (χ1n) is 36.8. The molecule has 0 saturated carbocycles. The smallest absolute Gasteiger partial charge is 0.462 e. The number of aliphatic hydroxyl groups is 1. The third kappa shape index (κ3) is 66.8. The topological polar surface area (TPSA) is 237 Å². The van der Waals surface area contributed by atoms with Crippen LogP contribution in [0.5, 0.6) is 0 Å². The highest BCUT2D eigenvalue weighted by Crippen LogP contribution is 2.45. The maximum Gasteiger partial charge on any atom is 0.472 e. The van der Waals surface area contributed by atoms with Crippen LogP contribution in [0.3, 0.4) is 0 Å². The third-order valence-electron chi connectivity index (χ3n) is 15.4. The van der Waals surface area contributed by atoms with Crippen LogP contribution in [0.2, 0.25) is 0 Å². The second-order valence-electron chi connectivity index (χ2n) is 24.5. The van der Waals surface area contributed by atoms with E-state index in [-0.39, 0.29) is 25.7 Å². The fourth-order valence-electron chi connectivity index (χ4n) is 9.79. The number of unbranched alkanes of at least 4 members (excludes halogenated alkanes) is 30. The molecule has 0 radical (unpaired) electrons. The van der Waals surface area contributed by atoms with Gasteiger partial charge < -0.3 is 33.8 Å². The van der Waals surface area contributed by atoms with Gasteiger partial charge in [-0.3, -0.25) is 37.3 Å². The van der Waals surface area contributed by atoms with Crippen LogP contribution in [0, 0.1) is 0 Å². The lowest BCUT2D eigenvalue weighted by Crippen LogP contribution is -2.30. The van der Waals surface area contributed by atoms with Gasteiger partial charge in [0, 0.05) is 19.3 Å². The lowest BCUT2D eigenvalue weighted by molar-refractivity contribution is -0.161. The van der Waals surface area contributed by atoms with Crippen LogP contribution < -0.4 is 0 Å². The molecule has 544 valence electrons. The first-order valence-corrected chi connectivity index (χ1v) is 39.8. The van der Waals surface area contributed by atoms with Crippen LogP contribution in [-0.4, -0.2) is 96.7 Å². The van der Waals surface area contributed by atoms with E-state index in [9.17, 15) is 43.2 Å². The summed E-state index contributed by atoms with van der Waals surface area (Å²) in [5, 5.41) is 10.6. The third-order valence-corrected chi connectivity index (χ3v) is 17.3. The van der Waals surface area contributed by atoms with Gasteiger partial charge in [0.1, 0.15) is 19.3 Å². The molecule has 0 aromatic heterocycles. The standard InChI is InChI=1S/C75H132O17P2/c1-5-9-13-17-21-25-29-32-34-37-40-43-47-51-55-59-72(77)85-65-70(91-74(79)61-57-53-49-45-39-28-24-20-16-12-8-4)67-89-93(81,82)87-63-69(76)64-88-94(83,84)90-68-71(92-75(80)62-58-54-50-46-42-36-31-27-23-19-15-11-7-3)66-86-73(78)60-56-52-48-44-41-38-35-33-30-26-22-18-14-10-6-2/h10,14,21-22,25-26,32-35,41,44,52,56,69-71,76H,5-9,11-13,15-20,23-24,27-31,36-40,42-43,45-51,53-55,57-68H2,1-4H3,(H,81,82)(H,83,84)/b14-10-,25-21-,26-22-,34-32-,35-33-,44-41-,56-52-. The molecule has 0 saturated heterocycles. The Balaban J connectivity index is 5.37. The molecule has 19 heteroatoms.